The van der Waals surface area contributed by atoms with E-state index in [-0.39, 0.29) is 36.1 Å². The Morgan fingerprint density at radius 2 is 1.82 bits per heavy atom. The number of halogens is 1. The summed E-state index contributed by atoms with van der Waals surface area (Å²) in [6.45, 7) is 1.88. The van der Waals surface area contributed by atoms with Gasteiger partial charge in [-0.25, -0.2) is 4.39 Å². The quantitative estimate of drug-likeness (QED) is 0.456. The Morgan fingerprint density at radius 3 is 2.42 bits per heavy atom. The van der Waals surface area contributed by atoms with Gasteiger partial charge >= 0.3 is 0 Å². The number of nitrogens with two attached hydrogens (primary N) is 1. The minimum Gasteiger partial charge on any atom is -0.507 e. The number of ketones is 4. The van der Waals surface area contributed by atoms with Gasteiger partial charge in [-0.1, -0.05) is 6.42 Å². The van der Waals surface area contributed by atoms with Gasteiger partial charge in [0, 0.05) is 23.6 Å². The second-order valence-electron chi connectivity index (χ2n) is 11.3. The van der Waals surface area contributed by atoms with Crippen LogP contribution < -0.4 is 5.73 Å². The Hall–Kier alpha value is -3.02. The number of amides is 1. The highest BCUT2D eigenvalue weighted by Gasteiger charge is 2.69. The van der Waals surface area contributed by atoms with E-state index in [2.05, 4.69) is 4.90 Å². The van der Waals surface area contributed by atoms with Gasteiger partial charge < -0.3 is 15.9 Å². The summed E-state index contributed by atoms with van der Waals surface area (Å²) in [5, 5.41) is 22.4. The second kappa shape index (κ2) is 9.32. The van der Waals surface area contributed by atoms with Crippen LogP contribution >= 0.6 is 0 Å². The molecule has 4 aliphatic rings. The number of likely N-dealkylation sites (N-methyl/N-ethyl adjacent to an activating group) is 1. The molecule has 0 bridgehead atoms. The SMILES string of the molecule is CN(C)[C@@H]1C(=O)C(C(N)=O)C(=O)[C@@]2(O)C(=O)C3C(=O)c4c(O)cc(CN5CCCCC5)c(F)c4C[C@H]3C[C@@H]12. The van der Waals surface area contributed by atoms with E-state index in [4.69, 9.17) is 5.73 Å². The van der Waals surface area contributed by atoms with Gasteiger partial charge in [0.25, 0.3) is 0 Å². The molecule has 2 saturated carbocycles. The average molecular weight is 530 g/mol. The molecule has 0 aromatic heterocycles. The van der Waals surface area contributed by atoms with Gasteiger partial charge in [0.05, 0.1) is 17.5 Å². The highest BCUT2D eigenvalue weighted by atomic mass is 19.1. The first-order chi connectivity index (χ1) is 17.9. The van der Waals surface area contributed by atoms with Crippen molar-refractivity contribution in [1.29, 1.82) is 0 Å². The molecule has 1 saturated heterocycles. The summed E-state index contributed by atoms with van der Waals surface area (Å²) < 4.78 is 15.8. The Bertz CT molecular complexity index is 1260. The number of benzene rings is 1. The number of piperidine rings is 1. The Morgan fingerprint density at radius 1 is 1.16 bits per heavy atom. The predicted octanol–water partition coefficient (Wildman–Crippen LogP) is -0.00800. The summed E-state index contributed by atoms with van der Waals surface area (Å²) in [6.07, 6.45) is 2.90. The van der Waals surface area contributed by atoms with E-state index in [0.717, 1.165) is 32.4 Å². The summed E-state index contributed by atoms with van der Waals surface area (Å²) in [5.41, 5.74) is 2.46. The molecule has 38 heavy (non-hydrogen) atoms. The smallest absolute Gasteiger partial charge is 0.235 e. The van der Waals surface area contributed by atoms with Crippen LogP contribution in [0.1, 0.15) is 47.2 Å². The lowest BCUT2D eigenvalue weighted by Gasteiger charge is -2.52. The lowest BCUT2D eigenvalue weighted by molar-refractivity contribution is -0.181. The molecule has 1 amide bonds. The number of hydrogen-bond acceptors (Lipinski definition) is 9. The number of primary amides is 1. The van der Waals surface area contributed by atoms with Crippen molar-refractivity contribution < 1.29 is 38.6 Å². The van der Waals surface area contributed by atoms with E-state index in [1.165, 1.54) is 25.1 Å². The predicted molar refractivity (Wildman–Crippen MR) is 130 cm³/mol. The Balaban J connectivity index is 1.57. The maximum atomic E-state index is 15.8. The van der Waals surface area contributed by atoms with Gasteiger partial charge in [-0.3, -0.25) is 33.8 Å². The first-order valence-electron chi connectivity index (χ1n) is 13.0. The number of aromatic hydroxyl groups is 1. The summed E-state index contributed by atoms with van der Waals surface area (Å²) in [6, 6.07) is 0.0156. The van der Waals surface area contributed by atoms with Gasteiger partial charge in [-0.05, 0) is 64.9 Å². The zero-order valence-electron chi connectivity index (χ0n) is 21.4. The number of Topliss-reactive ketones (excluding diaryl/α,β-unsaturated/α-hetero) is 4. The summed E-state index contributed by atoms with van der Waals surface area (Å²) in [4.78, 5) is 69.3. The monoisotopic (exact) mass is 529 g/mol. The minimum absolute atomic E-state index is 0.00590. The zero-order valence-corrected chi connectivity index (χ0v) is 21.4. The summed E-state index contributed by atoms with van der Waals surface area (Å²) in [5.74, 6) is -12.1. The van der Waals surface area contributed by atoms with E-state index in [9.17, 15) is 34.2 Å². The number of rotatable bonds is 4. The summed E-state index contributed by atoms with van der Waals surface area (Å²) in [7, 11) is 3.03. The molecular formula is C27H32FN3O7. The van der Waals surface area contributed by atoms with Crippen LogP contribution in [0.25, 0.3) is 0 Å². The van der Waals surface area contributed by atoms with Gasteiger partial charge in [0.2, 0.25) is 5.91 Å². The van der Waals surface area contributed by atoms with E-state index in [1.54, 1.807) is 0 Å². The van der Waals surface area contributed by atoms with E-state index >= 15 is 4.39 Å². The van der Waals surface area contributed by atoms with Crippen molar-refractivity contribution in [1.82, 2.24) is 9.80 Å². The highest BCUT2D eigenvalue weighted by Crippen LogP contribution is 2.51. The van der Waals surface area contributed by atoms with Crippen molar-refractivity contribution in [2.24, 2.45) is 29.4 Å². The van der Waals surface area contributed by atoms with E-state index in [1.807, 2.05) is 0 Å². The van der Waals surface area contributed by atoms with Crippen LogP contribution in [0, 0.1) is 29.5 Å². The fraction of sp³-hybridized carbons (Fsp3) is 0.593. The normalized spacial score (nSPS) is 33.7. The molecule has 1 heterocycles. The molecule has 0 radical (unpaired) electrons. The molecule has 11 heteroatoms. The molecule has 2 unspecified atom stereocenters. The first-order valence-corrected chi connectivity index (χ1v) is 13.0. The van der Waals surface area contributed by atoms with Crippen LogP contribution in [0.15, 0.2) is 6.07 Å². The molecule has 1 aromatic carbocycles. The topological polar surface area (TPSA) is 158 Å². The lowest BCUT2D eigenvalue weighted by atomic mass is 9.52. The van der Waals surface area contributed by atoms with Crippen LogP contribution in [-0.4, -0.2) is 87.9 Å². The molecular weight excluding hydrogens is 497 g/mol. The van der Waals surface area contributed by atoms with Crippen LogP contribution in [0.2, 0.25) is 0 Å². The number of nitrogens with zero attached hydrogens (tertiary/aromatic N) is 2. The third kappa shape index (κ3) is 3.74. The standard InChI is InChI=1S/C27H32FN3O7/c1-30(2)21-15-9-12-8-14-18(16(32)10-13(20(14)28)11-31-6-4-3-5-7-31)22(33)17(12)24(35)27(15,38)25(36)19(23(21)34)26(29)37/h10,12,15,17,19,21,32,38H,3-9,11H2,1-2H3,(H2,29,37)/t12-,15-,17?,19?,21-,27-/m0/s1. The number of phenols is 1. The Labute approximate surface area is 218 Å². The third-order valence-corrected chi connectivity index (χ3v) is 8.91. The number of likely N-dealkylation sites (tertiary alicyclic amines) is 1. The zero-order chi connectivity index (χ0) is 27.7. The van der Waals surface area contributed by atoms with E-state index < -0.39 is 75.9 Å². The summed E-state index contributed by atoms with van der Waals surface area (Å²) >= 11 is 0. The molecule has 3 fully saturated rings. The van der Waals surface area contributed by atoms with Crippen LogP contribution in [0.3, 0.4) is 0 Å². The maximum absolute atomic E-state index is 15.8. The average Bonchev–Trinajstić information content (AvgIpc) is 2.84. The minimum atomic E-state index is -2.79. The number of hydrogen-bond donors (Lipinski definition) is 3. The fourth-order valence-corrected chi connectivity index (χ4v) is 7.18. The molecule has 1 aromatic rings. The van der Waals surface area contributed by atoms with Crippen molar-refractivity contribution in [2.45, 2.75) is 50.3 Å². The third-order valence-electron chi connectivity index (χ3n) is 8.91. The van der Waals surface area contributed by atoms with E-state index in [0.29, 0.717) is 0 Å². The van der Waals surface area contributed by atoms with Crippen molar-refractivity contribution in [3.05, 3.63) is 28.6 Å². The largest absolute Gasteiger partial charge is 0.507 e. The molecule has 4 N–H and O–H groups in total. The number of carbonyl (C=O) groups is 5. The maximum Gasteiger partial charge on any atom is 0.235 e. The fourth-order valence-electron chi connectivity index (χ4n) is 7.18. The highest BCUT2D eigenvalue weighted by molar-refractivity contribution is 6.32. The molecule has 5 rings (SSSR count). The van der Waals surface area contributed by atoms with Crippen LogP contribution in [0.4, 0.5) is 4.39 Å². The van der Waals surface area contributed by atoms with Gasteiger partial charge in [-0.2, -0.15) is 0 Å². The molecule has 6 atom stereocenters. The van der Waals surface area contributed by atoms with Gasteiger partial charge in [0.15, 0.2) is 34.7 Å². The molecule has 0 spiro atoms. The first kappa shape index (κ1) is 26.6. The van der Waals surface area contributed by atoms with Crippen LogP contribution in [0.5, 0.6) is 5.75 Å². The molecule has 10 nitrogen and oxygen atoms in total. The number of aliphatic hydroxyl groups is 1. The van der Waals surface area contributed by atoms with Gasteiger partial charge in [-0.15, -0.1) is 0 Å². The van der Waals surface area contributed by atoms with Crippen LogP contribution in [-0.2, 0) is 32.1 Å². The number of fused-ring (bicyclic) bond motifs is 3. The second-order valence-corrected chi connectivity index (χ2v) is 11.3. The number of phenolic OH excluding ortho intramolecular Hbond substituents is 1. The van der Waals surface area contributed by atoms with Crippen molar-refractivity contribution >= 4 is 29.0 Å². The van der Waals surface area contributed by atoms with Crippen molar-refractivity contribution in [3.8, 4) is 5.75 Å². The Kier molecular flexibility index (Phi) is 6.52. The van der Waals surface area contributed by atoms with Crippen molar-refractivity contribution in [2.75, 3.05) is 27.2 Å². The lowest BCUT2D eigenvalue weighted by Crippen LogP contribution is -2.74. The molecule has 3 aliphatic carbocycles. The number of carbonyl (C=O) groups excluding carboxylic acids is 5. The van der Waals surface area contributed by atoms with Gasteiger partial charge in [0.1, 0.15) is 11.6 Å². The molecule has 204 valence electrons. The molecule has 1 aliphatic heterocycles. The van der Waals surface area contributed by atoms with Crippen molar-refractivity contribution in [3.63, 3.8) is 0 Å².